The summed E-state index contributed by atoms with van der Waals surface area (Å²) in [5, 5.41) is 3.75. The first-order valence-electron chi connectivity index (χ1n) is 8.16. The van der Waals surface area contributed by atoms with E-state index in [1.165, 1.54) is 38.6 Å². The van der Waals surface area contributed by atoms with Crippen LogP contribution < -0.4 is 5.32 Å². The van der Waals surface area contributed by atoms with E-state index in [-0.39, 0.29) is 0 Å². The van der Waals surface area contributed by atoms with Gasteiger partial charge in [-0.2, -0.15) is 0 Å². The maximum absolute atomic E-state index is 3.75. The van der Waals surface area contributed by atoms with Crippen LogP contribution >= 0.6 is 0 Å². The molecule has 0 aromatic carbocycles. The molecule has 2 aliphatic rings. The van der Waals surface area contributed by atoms with Gasteiger partial charge in [-0.3, -0.25) is 4.90 Å². The average molecular weight is 252 g/mol. The van der Waals surface area contributed by atoms with E-state index in [9.17, 15) is 0 Å². The lowest BCUT2D eigenvalue weighted by Gasteiger charge is -2.44. The van der Waals surface area contributed by atoms with E-state index < -0.39 is 0 Å². The van der Waals surface area contributed by atoms with E-state index in [0.29, 0.717) is 0 Å². The molecule has 2 nitrogen and oxygen atoms in total. The molecular weight excluding hydrogens is 220 g/mol. The molecular formula is C16H32N2. The summed E-state index contributed by atoms with van der Waals surface area (Å²) in [5.41, 5.74) is 0. The Kier molecular flexibility index (Phi) is 5.08. The quantitative estimate of drug-likeness (QED) is 0.780. The average Bonchev–Trinajstić information content (AvgIpc) is 3.16. The van der Waals surface area contributed by atoms with Crippen molar-refractivity contribution in [2.75, 3.05) is 13.1 Å². The van der Waals surface area contributed by atoms with Crippen molar-refractivity contribution in [1.29, 1.82) is 0 Å². The Bertz CT molecular complexity index is 247. The van der Waals surface area contributed by atoms with E-state index in [2.05, 4.69) is 37.9 Å². The normalized spacial score (nSPS) is 33.3. The van der Waals surface area contributed by atoms with Crippen molar-refractivity contribution in [2.45, 2.75) is 77.9 Å². The van der Waals surface area contributed by atoms with Crippen molar-refractivity contribution >= 4 is 0 Å². The lowest BCUT2D eigenvalue weighted by molar-refractivity contribution is 0.0814. The zero-order valence-corrected chi connectivity index (χ0v) is 12.8. The van der Waals surface area contributed by atoms with E-state index in [1.54, 1.807) is 0 Å². The summed E-state index contributed by atoms with van der Waals surface area (Å²) < 4.78 is 0. The summed E-state index contributed by atoms with van der Waals surface area (Å²) in [4.78, 5) is 2.81. The van der Waals surface area contributed by atoms with Crippen LogP contribution in [0.1, 0.15) is 59.8 Å². The zero-order chi connectivity index (χ0) is 13.1. The highest BCUT2D eigenvalue weighted by molar-refractivity contribution is 4.97. The number of likely N-dealkylation sites (N-methyl/N-ethyl adjacent to an activating group) is 2. The van der Waals surface area contributed by atoms with Crippen LogP contribution in [0.2, 0.25) is 0 Å². The largest absolute Gasteiger partial charge is 0.313 e. The van der Waals surface area contributed by atoms with Crippen LogP contribution in [0.25, 0.3) is 0 Å². The van der Waals surface area contributed by atoms with Crippen LogP contribution in [0.5, 0.6) is 0 Å². The molecule has 0 aromatic rings. The second kappa shape index (κ2) is 6.38. The number of hydrogen-bond donors (Lipinski definition) is 1. The molecule has 2 fully saturated rings. The molecule has 2 heteroatoms. The van der Waals surface area contributed by atoms with Gasteiger partial charge in [0.25, 0.3) is 0 Å². The van der Waals surface area contributed by atoms with Crippen LogP contribution in [-0.2, 0) is 0 Å². The van der Waals surface area contributed by atoms with Crippen LogP contribution in [-0.4, -0.2) is 36.1 Å². The van der Waals surface area contributed by atoms with Crippen LogP contribution in [0.15, 0.2) is 0 Å². The Balaban J connectivity index is 2.03. The van der Waals surface area contributed by atoms with Gasteiger partial charge in [-0.25, -0.2) is 0 Å². The monoisotopic (exact) mass is 252 g/mol. The summed E-state index contributed by atoms with van der Waals surface area (Å²) in [6.45, 7) is 11.8. The Morgan fingerprint density at radius 3 is 2.33 bits per heavy atom. The second-order valence-corrected chi connectivity index (χ2v) is 6.61. The van der Waals surface area contributed by atoms with Crippen molar-refractivity contribution < 1.29 is 0 Å². The molecule has 3 unspecified atom stereocenters. The van der Waals surface area contributed by atoms with Crippen molar-refractivity contribution in [3.05, 3.63) is 0 Å². The van der Waals surface area contributed by atoms with Gasteiger partial charge in [0, 0.05) is 18.1 Å². The topological polar surface area (TPSA) is 15.3 Å². The van der Waals surface area contributed by atoms with Gasteiger partial charge < -0.3 is 5.32 Å². The number of hydrogen-bond acceptors (Lipinski definition) is 2. The third kappa shape index (κ3) is 3.27. The molecule has 0 heterocycles. The fourth-order valence-corrected chi connectivity index (χ4v) is 3.82. The molecule has 0 aromatic heterocycles. The maximum atomic E-state index is 3.75. The van der Waals surface area contributed by atoms with Crippen molar-refractivity contribution in [2.24, 2.45) is 11.8 Å². The molecule has 0 saturated heterocycles. The van der Waals surface area contributed by atoms with Crippen molar-refractivity contribution in [1.82, 2.24) is 10.2 Å². The van der Waals surface area contributed by atoms with E-state index in [0.717, 1.165) is 36.5 Å². The molecule has 0 spiro atoms. The van der Waals surface area contributed by atoms with Gasteiger partial charge in [0.1, 0.15) is 0 Å². The third-order valence-electron chi connectivity index (χ3n) is 5.07. The highest BCUT2D eigenvalue weighted by atomic mass is 15.2. The Morgan fingerprint density at radius 2 is 1.83 bits per heavy atom. The minimum atomic E-state index is 0.741. The highest BCUT2D eigenvalue weighted by Gasteiger charge is 2.40. The molecule has 0 radical (unpaired) electrons. The highest BCUT2D eigenvalue weighted by Crippen LogP contribution is 2.37. The SMILES string of the molecule is CCNC1CCC(C(C)C)CC1N(CC)C1CC1. The number of nitrogens with one attached hydrogen (secondary N) is 1. The standard InChI is InChI=1S/C16H32N2/c1-5-17-15-10-7-13(12(3)4)11-16(15)18(6-2)14-8-9-14/h12-17H,5-11H2,1-4H3. The Hall–Kier alpha value is -0.0800. The van der Waals surface area contributed by atoms with Gasteiger partial charge in [-0.05, 0) is 57.0 Å². The molecule has 0 aliphatic heterocycles. The van der Waals surface area contributed by atoms with Gasteiger partial charge >= 0.3 is 0 Å². The first-order chi connectivity index (χ1) is 8.67. The summed E-state index contributed by atoms with van der Waals surface area (Å²) in [7, 11) is 0. The number of nitrogens with zero attached hydrogens (tertiary/aromatic N) is 1. The van der Waals surface area contributed by atoms with Gasteiger partial charge in [-0.1, -0.05) is 27.7 Å². The zero-order valence-electron chi connectivity index (χ0n) is 12.8. The van der Waals surface area contributed by atoms with E-state index >= 15 is 0 Å². The minimum Gasteiger partial charge on any atom is -0.313 e. The van der Waals surface area contributed by atoms with E-state index in [1.807, 2.05) is 0 Å². The molecule has 18 heavy (non-hydrogen) atoms. The van der Waals surface area contributed by atoms with Crippen LogP contribution in [0.4, 0.5) is 0 Å². The third-order valence-corrected chi connectivity index (χ3v) is 5.07. The summed E-state index contributed by atoms with van der Waals surface area (Å²) in [6, 6.07) is 2.45. The molecule has 0 bridgehead atoms. The fourth-order valence-electron chi connectivity index (χ4n) is 3.82. The van der Waals surface area contributed by atoms with Crippen molar-refractivity contribution in [3.63, 3.8) is 0 Å². The first kappa shape index (κ1) is 14.3. The summed E-state index contributed by atoms with van der Waals surface area (Å²) in [5.74, 6) is 1.80. The molecule has 2 rings (SSSR count). The van der Waals surface area contributed by atoms with E-state index in [4.69, 9.17) is 0 Å². The smallest absolute Gasteiger partial charge is 0.0254 e. The fraction of sp³-hybridized carbons (Fsp3) is 1.00. The van der Waals surface area contributed by atoms with Crippen molar-refractivity contribution in [3.8, 4) is 0 Å². The first-order valence-corrected chi connectivity index (χ1v) is 8.16. The predicted octanol–water partition coefficient (Wildman–Crippen LogP) is 3.27. The second-order valence-electron chi connectivity index (χ2n) is 6.61. The molecule has 106 valence electrons. The van der Waals surface area contributed by atoms with Gasteiger partial charge in [-0.15, -0.1) is 0 Å². The number of rotatable bonds is 6. The van der Waals surface area contributed by atoms with Gasteiger partial charge in [0.05, 0.1) is 0 Å². The molecule has 3 atom stereocenters. The molecule has 2 saturated carbocycles. The maximum Gasteiger partial charge on any atom is 0.0254 e. The molecule has 0 amide bonds. The minimum absolute atomic E-state index is 0.741. The van der Waals surface area contributed by atoms with Crippen LogP contribution in [0, 0.1) is 11.8 Å². The van der Waals surface area contributed by atoms with Gasteiger partial charge in [0.2, 0.25) is 0 Å². The lowest BCUT2D eigenvalue weighted by atomic mass is 9.76. The van der Waals surface area contributed by atoms with Gasteiger partial charge in [0.15, 0.2) is 0 Å². The molecule has 2 aliphatic carbocycles. The molecule has 1 N–H and O–H groups in total. The lowest BCUT2D eigenvalue weighted by Crippen LogP contribution is -2.54. The van der Waals surface area contributed by atoms with Crippen LogP contribution in [0.3, 0.4) is 0 Å². The predicted molar refractivity (Wildman–Crippen MR) is 78.8 cm³/mol. The summed E-state index contributed by atoms with van der Waals surface area (Å²) >= 11 is 0. The Morgan fingerprint density at radius 1 is 1.11 bits per heavy atom. The summed E-state index contributed by atoms with van der Waals surface area (Å²) in [6.07, 6.45) is 7.10. The Labute approximate surface area is 114 Å².